The highest BCUT2D eigenvalue weighted by molar-refractivity contribution is 5.86. The summed E-state index contributed by atoms with van der Waals surface area (Å²) in [7, 11) is 3.18. The molecule has 0 saturated carbocycles. The maximum absolute atomic E-state index is 13.0. The molecule has 2 aliphatic heterocycles. The van der Waals surface area contributed by atoms with Gasteiger partial charge in [0.15, 0.2) is 17.1 Å². The van der Waals surface area contributed by atoms with Gasteiger partial charge in [-0.15, -0.1) is 0 Å². The number of hydrogen-bond donors (Lipinski definition) is 2. The first-order valence-electron chi connectivity index (χ1n) is 9.60. The molecule has 1 amide bonds. The predicted octanol–water partition coefficient (Wildman–Crippen LogP) is 1.33. The molecule has 0 spiro atoms. The van der Waals surface area contributed by atoms with Crippen molar-refractivity contribution >= 4 is 5.91 Å². The van der Waals surface area contributed by atoms with Crippen molar-refractivity contribution < 1.29 is 24.1 Å². The van der Waals surface area contributed by atoms with Crippen LogP contribution in [0.3, 0.4) is 0 Å². The van der Waals surface area contributed by atoms with Crippen LogP contribution >= 0.6 is 0 Å². The van der Waals surface area contributed by atoms with Crippen LogP contribution in [0.2, 0.25) is 0 Å². The smallest absolute Gasteiger partial charge is 0.256 e. The summed E-state index contributed by atoms with van der Waals surface area (Å²) in [6.07, 6.45) is 3.07. The number of rotatable bonds is 7. The number of para-hydroxylation sites is 1. The third-order valence-corrected chi connectivity index (χ3v) is 5.45. The number of nitrogens with zero attached hydrogens (tertiary/aromatic N) is 1. The Morgan fingerprint density at radius 1 is 1.30 bits per heavy atom. The number of aliphatic hydroxyl groups is 1. The first-order valence-corrected chi connectivity index (χ1v) is 9.60. The molecule has 1 aromatic carbocycles. The van der Waals surface area contributed by atoms with Crippen molar-refractivity contribution in [3.05, 3.63) is 23.8 Å². The quantitative estimate of drug-likeness (QED) is 0.745. The molecule has 2 heterocycles. The van der Waals surface area contributed by atoms with Gasteiger partial charge >= 0.3 is 0 Å². The maximum Gasteiger partial charge on any atom is 0.256 e. The fourth-order valence-electron chi connectivity index (χ4n) is 3.88. The first-order chi connectivity index (χ1) is 13.1. The third kappa shape index (κ3) is 4.54. The highest BCUT2D eigenvalue weighted by Gasteiger charge is 2.42. The fraction of sp³-hybridized carbons (Fsp3) is 0.650. The number of piperidine rings is 1. The number of carbonyl (C=O) groups excluding carboxylic acids is 1. The lowest BCUT2D eigenvalue weighted by Crippen LogP contribution is -2.59. The van der Waals surface area contributed by atoms with Crippen LogP contribution in [-0.2, 0) is 16.1 Å². The summed E-state index contributed by atoms with van der Waals surface area (Å²) >= 11 is 0. The van der Waals surface area contributed by atoms with Crippen LogP contribution in [0.1, 0.15) is 31.2 Å². The van der Waals surface area contributed by atoms with Crippen LogP contribution in [-0.4, -0.2) is 68.1 Å². The highest BCUT2D eigenvalue weighted by Crippen LogP contribution is 2.33. The van der Waals surface area contributed by atoms with E-state index in [-0.39, 0.29) is 12.5 Å². The molecule has 0 radical (unpaired) electrons. The fourth-order valence-corrected chi connectivity index (χ4v) is 3.88. The molecular weight excluding hydrogens is 348 g/mol. The van der Waals surface area contributed by atoms with Gasteiger partial charge in [0.1, 0.15) is 0 Å². The van der Waals surface area contributed by atoms with Crippen LogP contribution in [0.25, 0.3) is 0 Å². The summed E-state index contributed by atoms with van der Waals surface area (Å²) in [6.45, 7) is 2.75. The lowest BCUT2D eigenvalue weighted by atomic mass is 9.90. The molecule has 3 rings (SSSR count). The van der Waals surface area contributed by atoms with E-state index in [1.54, 1.807) is 19.1 Å². The molecule has 0 aromatic heterocycles. The second kappa shape index (κ2) is 8.91. The molecule has 1 atom stereocenters. The topological polar surface area (TPSA) is 80.3 Å². The zero-order chi connectivity index (χ0) is 19.3. The number of benzene rings is 1. The number of ether oxygens (including phenoxy) is 3. The van der Waals surface area contributed by atoms with Crippen molar-refractivity contribution in [1.82, 2.24) is 10.2 Å². The van der Waals surface area contributed by atoms with E-state index in [9.17, 15) is 9.90 Å². The van der Waals surface area contributed by atoms with Gasteiger partial charge in [-0.2, -0.15) is 0 Å². The van der Waals surface area contributed by atoms with Crippen molar-refractivity contribution in [2.24, 2.45) is 0 Å². The molecule has 2 fully saturated rings. The van der Waals surface area contributed by atoms with E-state index in [0.717, 1.165) is 38.0 Å². The molecule has 2 aliphatic rings. The normalized spacial score (nSPS) is 24.1. The van der Waals surface area contributed by atoms with E-state index in [2.05, 4.69) is 5.32 Å². The molecule has 7 nitrogen and oxygen atoms in total. The van der Waals surface area contributed by atoms with E-state index in [1.165, 1.54) is 0 Å². The van der Waals surface area contributed by atoms with E-state index in [4.69, 9.17) is 14.2 Å². The van der Waals surface area contributed by atoms with Crippen molar-refractivity contribution in [3.8, 4) is 11.5 Å². The molecule has 7 heteroatoms. The molecule has 27 heavy (non-hydrogen) atoms. The van der Waals surface area contributed by atoms with Crippen LogP contribution in [0.15, 0.2) is 18.2 Å². The van der Waals surface area contributed by atoms with Gasteiger partial charge in [0.05, 0.1) is 14.2 Å². The Hall–Kier alpha value is -1.83. The molecule has 0 aliphatic carbocycles. The van der Waals surface area contributed by atoms with Gasteiger partial charge in [-0.25, -0.2) is 0 Å². The highest BCUT2D eigenvalue weighted by atomic mass is 16.5. The zero-order valence-corrected chi connectivity index (χ0v) is 16.2. The lowest BCUT2D eigenvalue weighted by Gasteiger charge is -2.39. The molecular formula is C20H30N2O5. The van der Waals surface area contributed by atoms with E-state index in [1.807, 2.05) is 18.2 Å². The number of likely N-dealkylation sites (tertiary alicyclic amines) is 1. The monoisotopic (exact) mass is 378 g/mol. The number of methoxy groups -OCH3 is 2. The Morgan fingerprint density at radius 3 is 2.78 bits per heavy atom. The summed E-state index contributed by atoms with van der Waals surface area (Å²) in [6, 6.07) is 5.92. The molecule has 2 saturated heterocycles. The molecule has 2 N–H and O–H groups in total. The number of hydrogen-bond acceptors (Lipinski definition) is 6. The molecule has 1 aromatic rings. The van der Waals surface area contributed by atoms with E-state index < -0.39 is 5.60 Å². The Kier molecular flexibility index (Phi) is 6.57. The van der Waals surface area contributed by atoms with Crippen LogP contribution in [0.4, 0.5) is 0 Å². The SMILES string of the molecule is COc1cccc(CN2CCC[C@](O)(CNC3CCOCC3)C2=O)c1OC. The van der Waals surface area contributed by atoms with Crippen molar-refractivity contribution in [3.63, 3.8) is 0 Å². The standard InChI is InChI=1S/C20H30N2O5/c1-25-17-6-3-5-15(18(17)26-2)13-22-10-4-9-20(24,19(22)23)14-21-16-7-11-27-12-8-16/h3,5-6,16,21,24H,4,7-14H2,1-2H3/t20-/m0/s1. The minimum Gasteiger partial charge on any atom is -0.493 e. The maximum atomic E-state index is 13.0. The first kappa shape index (κ1) is 19.9. The van der Waals surface area contributed by atoms with Gasteiger partial charge < -0.3 is 29.5 Å². The summed E-state index contributed by atoms with van der Waals surface area (Å²) in [4.78, 5) is 14.7. The van der Waals surface area contributed by atoms with Gasteiger partial charge in [-0.1, -0.05) is 12.1 Å². The predicted molar refractivity (Wildman–Crippen MR) is 101 cm³/mol. The average Bonchev–Trinajstić information content (AvgIpc) is 2.70. The van der Waals surface area contributed by atoms with Gasteiger partial charge in [-0.3, -0.25) is 4.79 Å². The largest absolute Gasteiger partial charge is 0.493 e. The number of carbonyl (C=O) groups is 1. The third-order valence-electron chi connectivity index (χ3n) is 5.45. The zero-order valence-electron chi connectivity index (χ0n) is 16.2. The minimum absolute atomic E-state index is 0.224. The van der Waals surface area contributed by atoms with Gasteiger partial charge in [-0.05, 0) is 31.7 Å². The van der Waals surface area contributed by atoms with Crippen molar-refractivity contribution in [1.29, 1.82) is 0 Å². The Bertz CT molecular complexity index is 647. The van der Waals surface area contributed by atoms with Crippen molar-refractivity contribution in [2.75, 3.05) is 40.5 Å². The Balaban J connectivity index is 1.67. The Morgan fingerprint density at radius 2 is 2.07 bits per heavy atom. The molecule has 0 unspecified atom stereocenters. The van der Waals surface area contributed by atoms with Crippen LogP contribution < -0.4 is 14.8 Å². The van der Waals surface area contributed by atoms with Gasteiger partial charge in [0.2, 0.25) is 0 Å². The minimum atomic E-state index is -1.36. The van der Waals surface area contributed by atoms with E-state index >= 15 is 0 Å². The Labute approximate surface area is 160 Å². The molecule has 150 valence electrons. The number of amides is 1. The second-order valence-corrected chi connectivity index (χ2v) is 7.28. The molecule has 0 bridgehead atoms. The summed E-state index contributed by atoms with van der Waals surface area (Å²) in [5.74, 6) is 1.04. The van der Waals surface area contributed by atoms with E-state index in [0.29, 0.717) is 37.1 Å². The average molecular weight is 378 g/mol. The number of nitrogens with one attached hydrogen (secondary N) is 1. The van der Waals surface area contributed by atoms with Crippen molar-refractivity contribution in [2.45, 2.75) is 43.9 Å². The van der Waals surface area contributed by atoms with Crippen LogP contribution in [0, 0.1) is 0 Å². The van der Waals surface area contributed by atoms with Gasteiger partial charge in [0.25, 0.3) is 5.91 Å². The lowest BCUT2D eigenvalue weighted by molar-refractivity contribution is -0.157. The summed E-state index contributed by atoms with van der Waals surface area (Å²) < 4.78 is 16.2. The van der Waals surface area contributed by atoms with Gasteiger partial charge in [0, 0.05) is 44.5 Å². The second-order valence-electron chi connectivity index (χ2n) is 7.28. The summed E-state index contributed by atoms with van der Waals surface area (Å²) in [5.41, 5.74) is -0.491. The summed E-state index contributed by atoms with van der Waals surface area (Å²) in [5, 5.41) is 14.4. The van der Waals surface area contributed by atoms with Crippen LogP contribution in [0.5, 0.6) is 11.5 Å².